The third kappa shape index (κ3) is 6.94. The van der Waals surface area contributed by atoms with Crippen molar-refractivity contribution in [3.8, 4) is 0 Å². The van der Waals surface area contributed by atoms with Gasteiger partial charge in [-0.25, -0.2) is 0 Å². The van der Waals surface area contributed by atoms with E-state index in [2.05, 4.69) is 26.8 Å². The molecule has 1 aliphatic carbocycles. The fraction of sp³-hybridized carbons (Fsp3) is 0.889. The summed E-state index contributed by atoms with van der Waals surface area (Å²) in [6.45, 7) is 8.88. The van der Waals surface area contributed by atoms with Gasteiger partial charge in [0.1, 0.15) is 0 Å². The Morgan fingerprint density at radius 1 is 0.818 bits per heavy atom. The van der Waals surface area contributed by atoms with E-state index in [9.17, 15) is 0 Å². The summed E-state index contributed by atoms with van der Waals surface area (Å²) >= 11 is 0. The fourth-order valence-corrected chi connectivity index (χ4v) is 5.49. The fourth-order valence-electron chi connectivity index (χ4n) is 2.57. The highest BCUT2D eigenvalue weighted by molar-refractivity contribution is 6.68. The van der Waals surface area contributed by atoms with Gasteiger partial charge in [0.25, 0.3) is 0 Å². The predicted molar refractivity (Wildman–Crippen MR) is 94.9 cm³/mol. The van der Waals surface area contributed by atoms with Crippen LogP contribution >= 0.6 is 0 Å². The van der Waals surface area contributed by atoms with E-state index in [0.29, 0.717) is 0 Å². The van der Waals surface area contributed by atoms with Crippen LogP contribution in [0.5, 0.6) is 0 Å². The first kappa shape index (κ1) is 19.9. The second-order valence-electron chi connectivity index (χ2n) is 6.14. The number of allylic oxidation sites excluding steroid dienone is 2. The van der Waals surface area contributed by atoms with Gasteiger partial charge < -0.3 is 13.3 Å². The van der Waals surface area contributed by atoms with Crippen molar-refractivity contribution in [1.29, 1.82) is 0 Å². The maximum Gasteiger partial charge on any atom is 0.532 e. The Kier molecular flexibility index (Phi) is 11.1. The standard InChI is InChI=1S/C18H36O3Si/c1-4-7-15-19-22(20-16-8-5-2,21-17-9-6-3)18-13-11-10-12-14-18/h13H,4-12,14-17H2,1-3H3. The van der Waals surface area contributed by atoms with E-state index in [4.69, 9.17) is 13.3 Å². The van der Waals surface area contributed by atoms with Crippen molar-refractivity contribution in [2.45, 2.75) is 85.0 Å². The van der Waals surface area contributed by atoms with Gasteiger partial charge in [0.2, 0.25) is 0 Å². The van der Waals surface area contributed by atoms with E-state index >= 15 is 0 Å². The predicted octanol–water partition coefficient (Wildman–Crippen LogP) is 5.42. The summed E-state index contributed by atoms with van der Waals surface area (Å²) in [5.41, 5.74) is 0. The quantitative estimate of drug-likeness (QED) is 0.334. The molecule has 22 heavy (non-hydrogen) atoms. The van der Waals surface area contributed by atoms with Crippen molar-refractivity contribution in [3.05, 3.63) is 11.3 Å². The lowest BCUT2D eigenvalue weighted by molar-refractivity contribution is 0.0638. The zero-order valence-corrected chi connectivity index (χ0v) is 16.0. The second kappa shape index (κ2) is 12.3. The van der Waals surface area contributed by atoms with Crippen molar-refractivity contribution >= 4 is 8.80 Å². The number of unbranched alkanes of at least 4 members (excludes halogenated alkanes) is 3. The largest absolute Gasteiger partial charge is 0.532 e. The van der Waals surface area contributed by atoms with E-state index in [1.807, 2.05) is 0 Å². The lowest BCUT2D eigenvalue weighted by atomic mass is 10.1. The van der Waals surface area contributed by atoms with Crippen LogP contribution in [0.3, 0.4) is 0 Å². The second-order valence-corrected chi connectivity index (χ2v) is 8.76. The molecule has 0 radical (unpaired) electrons. The molecule has 0 fully saturated rings. The molecule has 0 atom stereocenters. The molecule has 1 rings (SSSR count). The van der Waals surface area contributed by atoms with Crippen LogP contribution in [0.15, 0.2) is 11.3 Å². The zero-order chi connectivity index (χ0) is 16.1. The van der Waals surface area contributed by atoms with Gasteiger partial charge in [-0.05, 0) is 50.1 Å². The Bertz CT molecular complexity index is 278. The normalized spacial score (nSPS) is 15.9. The highest BCUT2D eigenvalue weighted by Crippen LogP contribution is 2.30. The monoisotopic (exact) mass is 328 g/mol. The Hall–Kier alpha value is -0.163. The average Bonchev–Trinajstić information content (AvgIpc) is 2.56. The molecule has 0 saturated heterocycles. The van der Waals surface area contributed by atoms with Crippen LogP contribution < -0.4 is 0 Å². The summed E-state index contributed by atoms with van der Waals surface area (Å²) in [6, 6.07) is 0. The maximum absolute atomic E-state index is 6.33. The topological polar surface area (TPSA) is 27.7 Å². The molecule has 0 N–H and O–H groups in total. The summed E-state index contributed by atoms with van der Waals surface area (Å²) in [5, 5.41) is 1.35. The molecule has 3 nitrogen and oxygen atoms in total. The summed E-state index contributed by atoms with van der Waals surface area (Å²) in [6.07, 6.45) is 13.8. The molecule has 0 aromatic rings. The van der Waals surface area contributed by atoms with Crippen LogP contribution in [0, 0.1) is 0 Å². The first-order valence-corrected chi connectivity index (χ1v) is 11.1. The lowest BCUT2D eigenvalue weighted by Gasteiger charge is -2.33. The third-order valence-electron chi connectivity index (χ3n) is 4.05. The van der Waals surface area contributed by atoms with Crippen LogP contribution in [-0.2, 0) is 13.3 Å². The smallest absolute Gasteiger partial charge is 0.370 e. The van der Waals surface area contributed by atoms with Gasteiger partial charge in [-0.15, -0.1) is 0 Å². The van der Waals surface area contributed by atoms with Crippen molar-refractivity contribution < 1.29 is 13.3 Å². The minimum Gasteiger partial charge on any atom is -0.370 e. The van der Waals surface area contributed by atoms with Crippen LogP contribution in [0.2, 0.25) is 0 Å². The highest BCUT2D eigenvalue weighted by Gasteiger charge is 2.45. The number of hydrogen-bond acceptors (Lipinski definition) is 3. The molecule has 0 heterocycles. The summed E-state index contributed by atoms with van der Waals surface area (Å²) < 4.78 is 19.0. The lowest BCUT2D eigenvalue weighted by Crippen LogP contribution is -2.49. The molecule has 0 aliphatic heterocycles. The Morgan fingerprint density at radius 3 is 1.68 bits per heavy atom. The molecule has 0 saturated carbocycles. The van der Waals surface area contributed by atoms with Gasteiger partial charge in [-0.1, -0.05) is 46.1 Å². The Labute approximate surface area is 138 Å². The summed E-state index contributed by atoms with van der Waals surface area (Å²) in [7, 11) is -2.65. The van der Waals surface area contributed by atoms with Gasteiger partial charge in [-0.2, -0.15) is 0 Å². The summed E-state index contributed by atoms with van der Waals surface area (Å²) in [4.78, 5) is 0. The summed E-state index contributed by atoms with van der Waals surface area (Å²) in [5.74, 6) is 0. The Balaban J connectivity index is 2.79. The molecular formula is C18H36O3Si. The average molecular weight is 329 g/mol. The molecule has 0 bridgehead atoms. The van der Waals surface area contributed by atoms with E-state index in [1.165, 1.54) is 18.0 Å². The molecular weight excluding hydrogens is 292 g/mol. The van der Waals surface area contributed by atoms with Gasteiger partial charge in [0, 0.05) is 19.8 Å². The van der Waals surface area contributed by atoms with Crippen LogP contribution in [-0.4, -0.2) is 28.6 Å². The molecule has 0 unspecified atom stereocenters. The molecule has 130 valence electrons. The van der Waals surface area contributed by atoms with Crippen LogP contribution in [0.1, 0.15) is 85.0 Å². The first-order chi connectivity index (χ1) is 10.8. The minimum atomic E-state index is -2.65. The highest BCUT2D eigenvalue weighted by atomic mass is 28.4. The van der Waals surface area contributed by atoms with E-state index in [1.54, 1.807) is 0 Å². The van der Waals surface area contributed by atoms with E-state index in [0.717, 1.165) is 71.2 Å². The maximum atomic E-state index is 6.33. The molecule has 0 aromatic heterocycles. The third-order valence-corrected chi connectivity index (χ3v) is 7.05. The van der Waals surface area contributed by atoms with Crippen molar-refractivity contribution in [2.24, 2.45) is 0 Å². The van der Waals surface area contributed by atoms with Crippen LogP contribution in [0.4, 0.5) is 0 Å². The minimum absolute atomic E-state index is 0.762. The molecule has 0 amide bonds. The molecule has 1 aliphatic rings. The van der Waals surface area contributed by atoms with Gasteiger partial charge >= 0.3 is 8.80 Å². The first-order valence-electron chi connectivity index (χ1n) is 9.40. The van der Waals surface area contributed by atoms with Crippen molar-refractivity contribution in [3.63, 3.8) is 0 Å². The van der Waals surface area contributed by atoms with Crippen molar-refractivity contribution in [1.82, 2.24) is 0 Å². The molecule has 0 spiro atoms. The molecule has 4 heteroatoms. The van der Waals surface area contributed by atoms with Gasteiger partial charge in [0.05, 0.1) is 0 Å². The van der Waals surface area contributed by atoms with Gasteiger partial charge in [0.15, 0.2) is 0 Å². The molecule has 0 aromatic carbocycles. The SMILES string of the molecule is CCCCO[Si](OCCCC)(OCCCC)C1=CCCCC1. The van der Waals surface area contributed by atoms with Crippen molar-refractivity contribution in [2.75, 3.05) is 19.8 Å². The van der Waals surface area contributed by atoms with E-state index < -0.39 is 8.80 Å². The number of rotatable bonds is 13. The van der Waals surface area contributed by atoms with E-state index in [-0.39, 0.29) is 0 Å². The van der Waals surface area contributed by atoms with Crippen LogP contribution in [0.25, 0.3) is 0 Å². The Morgan fingerprint density at radius 2 is 1.32 bits per heavy atom. The van der Waals surface area contributed by atoms with Gasteiger partial charge in [-0.3, -0.25) is 0 Å². The zero-order valence-electron chi connectivity index (χ0n) is 15.0. The number of hydrogen-bond donors (Lipinski definition) is 0.